The van der Waals surface area contributed by atoms with Gasteiger partial charge in [-0.05, 0) is 50.4 Å². The number of unbranched alkanes of at least 4 members (excludes halogenated alkanes) is 1. The summed E-state index contributed by atoms with van der Waals surface area (Å²) in [4.78, 5) is 4.66. The first-order valence-corrected chi connectivity index (χ1v) is 9.53. The summed E-state index contributed by atoms with van der Waals surface area (Å²) in [6, 6.07) is 0.604. The van der Waals surface area contributed by atoms with Crippen LogP contribution in [0.2, 0.25) is 0 Å². The monoisotopic (exact) mass is 417 g/mol. The van der Waals surface area contributed by atoms with Crippen molar-refractivity contribution in [3.63, 3.8) is 0 Å². The molecule has 1 aliphatic rings. The van der Waals surface area contributed by atoms with E-state index in [1.807, 2.05) is 11.8 Å². The van der Waals surface area contributed by atoms with Gasteiger partial charge in [0.2, 0.25) is 0 Å². The average molecular weight is 417 g/mol. The molecule has 3 nitrogen and oxygen atoms in total. The molecule has 0 aromatic carbocycles. The number of rotatable bonds is 7. The lowest BCUT2D eigenvalue weighted by molar-refractivity contribution is 0.581. The second-order valence-electron chi connectivity index (χ2n) is 4.52. The van der Waals surface area contributed by atoms with Crippen LogP contribution in [0.5, 0.6) is 0 Å². The van der Waals surface area contributed by atoms with E-state index in [1.165, 1.54) is 42.9 Å². The molecule has 0 saturated carbocycles. The van der Waals surface area contributed by atoms with Gasteiger partial charge in [0, 0.05) is 24.9 Å². The summed E-state index contributed by atoms with van der Waals surface area (Å²) in [5, 5.41) is 6.91. The highest BCUT2D eigenvalue weighted by molar-refractivity contribution is 14.0. The summed E-state index contributed by atoms with van der Waals surface area (Å²) in [7, 11) is 0. The Kier molecular flexibility index (Phi) is 14.2. The van der Waals surface area contributed by atoms with Crippen LogP contribution >= 0.6 is 47.5 Å². The summed E-state index contributed by atoms with van der Waals surface area (Å²) >= 11 is 3.97. The molecule has 1 atom stereocenters. The van der Waals surface area contributed by atoms with E-state index in [4.69, 9.17) is 0 Å². The summed E-state index contributed by atoms with van der Waals surface area (Å²) in [6.07, 6.45) is 7.23. The third-order valence-corrected chi connectivity index (χ3v) is 4.78. The van der Waals surface area contributed by atoms with Crippen molar-refractivity contribution in [1.29, 1.82) is 0 Å². The van der Waals surface area contributed by atoms with Crippen LogP contribution in [0.25, 0.3) is 0 Å². The Hall–Kier alpha value is 0.700. The van der Waals surface area contributed by atoms with Gasteiger partial charge in [0.15, 0.2) is 5.96 Å². The minimum Gasteiger partial charge on any atom is -0.357 e. The fraction of sp³-hybridized carbons (Fsp3) is 0.923. The first-order valence-electron chi connectivity index (χ1n) is 6.98. The van der Waals surface area contributed by atoms with E-state index >= 15 is 0 Å². The summed E-state index contributed by atoms with van der Waals surface area (Å²) in [5.41, 5.74) is 0. The maximum absolute atomic E-state index is 4.66. The predicted octanol–water partition coefficient (Wildman–Crippen LogP) is 3.20. The maximum atomic E-state index is 4.66. The molecule has 1 unspecified atom stereocenters. The first kappa shape index (κ1) is 19.7. The number of nitrogens with one attached hydrogen (secondary N) is 2. The van der Waals surface area contributed by atoms with Gasteiger partial charge in [-0.2, -0.15) is 23.5 Å². The van der Waals surface area contributed by atoms with Crippen LogP contribution < -0.4 is 10.6 Å². The molecule has 2 N–H and O–H groups in total. The van der Waals surface area contributed by atoms with E-state index in [9.17, 15) is 0 Å². The summed E-state index contributed by atoms with van der Waals surface area (Å²) in [5.74, 6) is 4.80. The quantitative estimate of drug-likeness (QED) is 0.289. The zero-order chi connectivity index (χ0) is 13.1. The topological polar surface area (TPSA) is 36.4 Å². The number of nitrogens with zero attached hydrogens (tertiary/aromatic N) is 1. The summed E-state index contributed by atoms with van der Waals surface area (Å²) in [6.45, 7) is 4.01. The fourth-order valence-electron chi connectivity index (χ4n) is 1.92. The molecule has 0 radical (unpaired) electrons. The molecule has 19 heavy (non-hydrogen) atoms. The third kappa shape index (κ3) is 10.1. The van der Waals surface area contributed by atoms with E-state index in [0.29, 0.717) is 6.04 Å². The molecule has 1 aliphatic heterocycles. The largest absolute Gasteiger partial charge is 0.357 e. The minimum atomic E-state index is 0. The molecule has 1 rings (SSSR count). The van der Waals surface area contributed by atoms with E-state index in [-0.39, 0.29) is 24.0 Å². The first-order chi connectivity index (χ1) is 8.86. The van der Waals surface area contributed by atoms with Crippen molar-refractivity contribution < 1.29 is 0 Å². The Balaban J connectivity index is 0.00000324. The highest BCUT2D eigenvalue weighted by Crippen LogP contribution is 2.16. The molecule has 114 valence electrons. The molecule has 0 bridgehead atoms. The van der Waals surface area contributed by atoms with Crippen LogP contribution in [0.3, 0.4) is 0 Å². The van der Waals surface area contributed by atoms with Crippen molar-refractivity contribution >= 4 is 53.5 Å². The van der Waals surface area contributed by atoms with Crippen molar-refractivity contribution in [3.8, 4) is 0 Å². The number of thioether (sulfide) groups is 2. The van der Waals surface area contributed by atoms with Gasteiger partial charge in [0.1, 0.15) is 0 Å². The van der Waals surface area contributed by atoms with Crippen LogP contribution in [-0.4, -0.2) is 48.6 Å². The van der Waals surface area contributed by atoms with Crippen LogP contribution in [0.15, 0.2) is 4.99 Å². The van der Waals surface area contributed by atoms with Crippen LogP contribution in [-0.2, 0) is 0 Å². The second kappa shape index (κ2) is 13.7. The Morgan fingerprint density at radius 2 is 2.26 bits per heavy atom. The standard InChI is InChI=1S/C13H27N3S2.HI/c1-3-14-13(15-8-4-5-9-17-2)16-12-7-6-10-18-11-12;/h12H,3-11H2,1-2H3,(H2,14,15,16);1H. The molecule has 0 aromatic rings. The molecule has 1 saturated heterocycles. The SMILES string of the molecule is CCNC(=NCCCCSC)NC1CCCSC1.I. The van der Waals surface area contributed by atoms with E-state index < -0.39 is 0 Å². The van der Waals surface area contributed by atoms with Gasteiger partial charge in [0.05, 0.1) is 0 Å². The van der Waals surface area contributed by atoms with Crippen molar-refractivity contribution in [2.75, 3.05) is 36.6 Å². The lowest BCUT2D eigenvalue weighted by Gasteiger charge is -2.24. The van der Waals surface area contributed by atoms with Crippen LogP contribution in [0, 0.1) is 0 Å². The smallest absolute Gasteiger partial charge is 0.191 e. The lowest BCUT2D eigenvalue weighted by Crippen LogP contribution is -2.45. The number of aliphatic imine (C=N–C) groups is 1. The Morgan fingerprint density at radius 1 is 1.42 bits per heavy atom. The molecule has 0 aromatic heterocycles. The van der Waals surface area contributed by atoms with Gasteiger partial charge in [-0.25, -0.2) is 0 Å². The highest BCUT2D eigenvalue weighted by Gasteiger charge is 2.14. The lowest BCUT2D eigenvalue weighted by atomic mass is 10.2. The summed E-state index contributed by atoms with van der Waals surface area (Å²) < 4.78 is 0. The van der Waals surface area contributed by atoms with Crippen molar-refractivity contribution in [1.82, 2.24) is 10.6 Å². The fourth-order valence-corrected chi connectivity index (χ4v) is 3.48. The van der Waals surface area contributed by atoms with Crippen molar-refractivity contribution in [3.05, 3.63) is 0 Å². The molecular weight excluding hydrogens is 389 g/mol. The van der Waals surface area contributed by atoms with E-state index in [1.54, 1.807) is 0 Å². The van der Waals surface area contributed by atoms with E-state index in [0.717, 1.165) is 19.0 Å². The number of hydrogen-bond donors (Lipinski definition) is 2. The number of hydrogen-bond acceptors (Lipinski definition) is 3. The molecule has 1 fully saturated rings. The predicted molar refractivity (Wildman–Crippen MR) is 102 cm³/mol. The van der Waals surface area contributed by atoms with Crippen molar-refractivity contribution in [2.45, 2.75) is 38.6 Å². The Morgan fingerprint density at radius 3 is 2.89 bits per heavy atom. The zero-order valence-corrected chi connectivity index (χ0v) is 16.1. The molecule has 0 spiro atoms. The van der Waals surface area contributed by atoms with Crippen LogP contribution in [0.1, 0.15) is 32.6 Å². The Bertz CT molecular complexity index is 234. The van der Waals surface area contributed by atoms with Gasteiger partial charge in [-0.1, -0.05) is 0 Å². The van der Waals surface area contributed by atoms with E-state index in [2.05, 4.69) is 40.6 Å². The zero-order valence-electron chi connectivity index (χ0n) is 12.1. The maximum Gasteiger partial charge on any atom is 0.191 e. The molecule has 6 heteroatoms. The molecule has 0 aliphatic carbocycles. The molecule has 0 amide bonds. The average Bonchev–Trinajstić information content (AvgIpc) is 2.40. The van der Waals surface area contributed by atoms with Gasteiger partial charge in [0.25, 0.3) is 0 Å². The van der Waals surface area contributed by atoms with Gasteiger partial charge in [-0.3, -0.25) is 4.99 Å². The molecule has 1 heterocycles. The van der Waals surface area contributed by atoms with Crippen LogP contribution in [0.4, 0.5) is 0 Å². The third-order valence-electron chi connectivity index (χ3n) is 2.87. The van der Waals surface area contributed by atoms with Gasteiger partial charge >= 0.3 is 0 Å². The highest BCUT2D eigenvalue weighted by atomic mass is 127. The minimum absolute atomic E-state index is 0. The van der Waals surface area contributed by atoms with Crippen molar-refractivity contribution in [2.24, 2.45) is 4.99 Å². The number of guanidine groups is 1. The number of halogens is 1. The van der Waals surface area contributed by atoms with Gasteiger partial charge in [-0.15, -0.1) is 24.0 Å². The molecular formula is C13H28IN3S2. The Labute approximate surface area is 143 Å². The normalized spacial score (nSPS) is 19.7. The van der Waals surface area contributed by atoms with Gasteiger partial charge < -0.3 is 10.6 Å². The second-order valence-corrected chi connectivity index (χ2v) is 6.65.